The molecule has 0 aliphatic rings. The molecule has 0 aliphatic heterocycles. The third-order valence-corrected chi connectivity index (χ3v) is 4.41. The van der Waals surface area contributed by atoms with E-state index in [1.807, 2.05) is 76.2 Å². The molecule has 0 aliphatic carbocycles. The van der Waals surface area contributed by atoms with E-state index in [1.165, 1.54) is 0 Å². The van der Waals surface area contributed by atoms with Gasteiger partial charge in [-0.25, -0.2) is 0 Å². The van der Waals surface area contributed by atoms with Gasteiger partial charge in [0.05, 0.1) is 32.5 Å². The van der Waals surface area contributed by atoms with Crippen LogP contribution in [0.2, 0.25) is 0 Å². The van der Waals surface area contributed by atoms with Crippen LogP contribution in [0.15, 0.2) is 48.5 Å². The summed E-state index contributed by atoms with van der Waals surface area (Å²) in [7, 11) is 1.62. The molecule has 6 heteroatoms. The van der Waals surface area contributed by atoms with Gasteiger partial charge in [0.15, 0.2) is 17.6 Å². The second kappa shape index (κ2) is 13.0. The third kappa shape index (κ3) is 8.99. The van der Waals surface area contributed by atoms with Gasteiger partial charge in [-0.15, -0.1) is 0 Å². The van der Waals surface area contributed by atoms with Gasteiger partial charge in [-0.2, -0.15) is 0 Å². The maximum absolute atomic E-state index is 12.6. The van der Waals surface area contributed by atoms with Crippen molar-refractivity contribution in [2.75, 3.05) is 20.3 Å². The monoisotopic (exact) mass is 429 g/mol. The fourth-order valence-corrected chi connectivity index (χ4v) is 3.03. The summed E-state index contributed by atoms with van der Waals surface area (Å²) in [6.07, 6.45) is 0.0125. The molecule has 0 saturated carbocycles. The standard InChI is InChI=1S/C25H35NO5/c1-18(2)30-22-12-11-20(15-23(22)28-5)13-14-26-25(27)24(31-19(3)4)17-29-16-21-9-7-6-8-10-21/h6-12,15,18-19,24H,13-14,16-17H2,1-5H3,(H,26,27)/t24-/m1/s1. The van der Waals surface area contributed by atoms with E-state index in [9.17, 15) is 4.79 Å². The van der Waals surface area contributed by atoms with Crippen LogP contribution < -0.4 is 14.8 Å². The normalized spacial score (nSPS) is 12.1. The Morgan fingerprint density at radius 2 is 1.68 bits per heavy atom. The molecule has 0 heterocycles. The average molecular weight is 430 g/mol. The molecule has 170 valence electrons. The van der Waals surface area contributed by atoms with Crippen LogP contribution in [0.3, 0.4) is 0 Å². The zero-order chi connectivity index (χ0) is 22.6. The van der Waals surface area contributed by atoms with Crippen LogP contribution in [0.1, 0.15) is 38.8 Å². The lowest BCUT2D eigenvalue weighted by Crippen LogP contribution is -2.41. The predicted octanol–water partition coefficient (Wildman–Crippen LogP) is 4.15. The average Bonchev–Trinajstić information content (AvgIpc) is 2.74. The van der Waals surface area contributed by atoms with Crippen molar-refractivity contribution in [2.24, 2.45) is 0 Å². The van der Waals surface area contributed by atoms with Crippen molar-refractivity contribution in [2.45, 2.75) is 59.0 Å². The molecule has 0 radical (unpaired) electrons. The number of ether oxygens (including phenoxy) is 4. The highest BCUT2D eigenvalue weighted by Crippen LogP contribution is 2.29. The molecule has 1 atom stereocenters. The lowest BCUT2D eigenvalue weighted by Gasteiger charge is -2.20. The van der Waals surface area contributed by atoms with Crippen LogP contribution >= 0.6 is 0 Å². The summed E-state index contributed by atoms with van der Waals surface area (Å²) in [5.41, 5.74) is 2.11. The number of benzene rings is 2. The summed E-state index contributed by atoms with van der Waals surface area (Å²) >= 11 is 0. The lowest BCUT2D eigenvalue weighted by atomic mass is 10.1. The molecule has 1 amide bonds. The summed E-state index contributed by atoms with van der Waals surface area (Å²) in [4.78, 5) is 12.6. The van der Waals surface area contributed by atoms with Gasteiger partial charge >= 0.3 is 0 Å². The first-order chi connectivity index (χ1) is 14.9. The first-order valence-electron chi connectivity index (χ1n) is 10.8. The molecular weight excluding hydrogens is 394 g/mol. The van der Waals surface area contributed by atoms with Crippen LogP contribution in [0, 0.1) is 0 Å². The van der Waals surface area contributed by atoms with Gasteiger partial charge in [0.1, 0.15) is 0 Å². The van der Waals surface area contributed by atoms with E-state index >= 15 is 0 Å². The molecule has 0 spiro atoms. The van der Waals surface area contributed by atoms with E-state index in [-0.39, 0.29) is 24.7 Å². The van der Waals surface area contributed by atoms with E-state index < -0.39 is 6.10 Å². The Bertz CT molecular complexity index is 792. The second-order valence-corrected chi connectivity index (χ2v) is 7.87. The van der Waals surface area contributed by atoms with Crippen molar-refractivity contribution in [3.05, 3.63) is 59.7 Å². The van der Waals surface area contributed by atoms with Crippen molar-refractivity contribution in [1.82, 2.24) is 5.32 Å². The number of nitrogens with one attached hydrogen (secondary N) is 1. The Kier molecular flexibility index (Phi) is 10.3. The minimum absolute atomic E-state index is 0.0704. The van der Waals surface area contributed by atoms with Crippen LogP contribution in [-0.4, -0.2) is 44.5 Å². The Hall–Kier alpha value is -2.57. The minimum atomic E-state index is -0.653. The number of carbonyl (C=O) groups excluding carboxylic acids is 1. The van der Waals surface area contributed by atoms with Gasteiger partial charge in [-0.3, -0.25) is 4.79 Å². The summed E-state index contributed by atoms with van der Waals surface area (Å²) in [5.74, 6) is 1.23. The molecule has 1 N–H and O–H groups in total. The highest BCUT2D eigenvalue weighted by molar-refractivity contribution is 5.80. The Morgan fingerprint density at radius 1 is 0.935 bits per heavy atom. The van der Waals surface area contributed by atoms with Crippen molar-refractivity contribution in [3.8, 4) is 11.5 Å². The van der Waals surface area contributed by atoms with Crippen molar-refractivity contribution < 1.29 is 23.7 Å². The molecule has 0 bridgehead atoms. The van der Waals surface area contributed by atoms with E-state index in [0.717, 1.165) is 11.1 Å². The Morgan fingerprint density at radius 3 is 2.32 bits per heavy atom. The van der Waals surface area contributed by atoms with Crippen LogP contribution in [0.4, 0.5) is 0 Å². The highest BCUT2D eigenvalue weighted by atomic mass is 16.5. The number of methoxy groups -OCH3 is 1. The minimum Gasteiger partial charge on any atom is -0.493 e. The van der Waals surface area contributed by atoms with Crippen molar-refractivity contribution in [1.29, 1.82) is 0 Å². The van der Waals surface area contributed by atoms with Gasteiger partial charge in [-0.1, -0.05) is 36.4 Å². The molecule has 0 aromatic heterocycles. The molecule has 31 heavy (non-hydrogen) atoms. The predicted molar refractivity (Wildman–Crippen MR) is 122 cm³/mol. The summed E-state index contributed by atoms with van der Waals surface area (Å²) in [6.45, 7) is 8.90. The van der Waals surface area contributed by atoms with Gasteiger partial charge < -0.3 is 24.3 Å². The van der Waals surface area contributed by atoms with Gasteiger partial charge in [0, 0.05) is 6.54 Å². The molecule has 2 rings (SSSR count). The van der Waals surface area contributed by atoms with E-state index in [2.05, 4.69) is 5.32 Å². The topological polar surface area (TPSA) is 66.0 Å². The summed E-state index contributed by atoms with van der Waals surface area (Å²) in [5, 5.41) is 2.95. The highest BCUT2D eigenvalue weighted by Gasteiger charge is 2.20. The maximum atomic E-state index is 12.6. The van der Waals surface area contributed by atoms with E-state index in [4.69, 9.17) is 18.9 Å². The SMILES string of the molecule is COc1cc(CCNC(=O)[C@@H](COCc2ccccc2)OC(C)C)ccc1OC(C)C. The summed E-state index contributed by atoms with van der Waals surface area (Å²) in [6, 6.07) is 15.7. The van der Waals surface area contributed by atoms with E-state index in [1.54, 1.807) is 7.11 Å². The van der Waals surface area contributed by atoms with Crippen molar-refractivity contribution in [3.63, 3.8) is 0 Å². The third-order valence-electron chi connectivity index (χ3n) is 4.41. The second-order valence-electron chi connectivity index (χ2n) is 7.87. The van der Waals surface area contributed by atoms with Crippen molar-refractivity contribution >= 4 is 5.91 Å². The first kappa shape index (κ1) is 24.7. The number of amides is 1. The zero-order valence-electron chi connectivity index (χ0n) is 19.2. The van der Waals surface area contributed by atoms with Gasteiger partial charge in [-0.05, 0) is 57.4 Å². The molecule has 0 saturated heterocycles. The first-order valence-corrected chi connectivity index (χ1v) is 10.8. The van der Waals surface area contributed by atoms with Gasteiger partial charge in [0.2, 0.25) is 0 Å². The smallest absolute Gasteiger partial charge is 0.251 e. The fourth-order valence-electron chi connectivity index (χ4n) is 3.03. The number of hydrogen-bond donors (Lipinski definition) is 1. The summed E-state index contributed by atoms with van der Waals surface area (Å²) < 4.78 is 22.7. The maximum Gasteiger partial charge on any atom is 0.251 e. The fraction of sp³-hybridized carbons (Fsp3) is 0.480. The zero-order valence-corrected chi connectivity index (χ0v) is 19.2. The molecule has 6 nitrogen and oxygen atoms in total. The number of hydrogen-bond acceptors (Lipinski definition) is 5. The van der Waals surface area contributed by atoms with Crippen LogP contribution in [-0.2, 0) is 27.3 Å². The van der Waals surface area contributed by atoms with Crippen LogP contribution in [0.5, 0.6) is 11.5 Å². The number of carbonyl (C=O) groups is 1. The quantitative estimate of drug-likeness (QED) is 0.518. The Labute approximate surface area is 185 Å². The van der Waals surface area contributed by atoms with Crippen LogP contribution in [0.25, 0.3) is 0 Å². The lowest BCUT2D eigenvalue weighted by molar-refractivity contribution is -0.141. The number of rotatable bonds is 13. The largest absolute Gasteiger partial charge is 0.493 e. The molecule has 2 aromatic rings. The molecule has 2 aromatic carbocycles. The van der Waals surface area contributed by atoms with E-state index in [0.29, 0.717) is 31.1 Å². The molecule has 0 fully saturated rings. The Balaban J connectivity index is 1.85. The van der Waals surface area contributed by atoms with Gasteiger partial charge in [0.25, 0.3) is 5.91 Å². The molecular formula is C25H35NO5. The molecule has 0 unspecified atom stereocenters.